The molecule has 2 fully saturated rings. The van der Waals surface area contributed by atoms with Gasteiger partial charge in [-0.3, -0.25) is 4.79 Å². The van der Waals surface area contributed by atoms with E-state index in [-0.39, 0.29) is 17.3 Å². The fourth-order valence-corrected chi connectivity index (χ4v) is 4.22. The van der Waals surface area contributed by atoms with Crippen LogP contribution in [0.25, 0.3) is 22.4 Å². The summed E-state index contributed by atoms with van der Waals surface area (Å²) in [4.78, 5) is 19.9. The van der Waals surface area contributed by atoms with E-state index in [0.29, 0.717) is 29.3 Å². The first kappa shape index (κ1) is 18.3. The minimum absolute atomic E-state index is 0.0776. The second-order valence-electron chi connectivity index (χ2n) is 8.75. The summed E-state index contributed by atoms with van der Waals surface area (Å²) in [5.41, 5.74) is 3.92. The number of carbonyl (C=O) groups is 1. The summed E-state index contributed by atoms with van der Waals surface area (Å²) in [7, 11) is 0. The van der Waals surface area contributed by atoms with Crippen molar-refractivity contribution in [3.63, 3.8) is 0 Å². The summed E-state index contributed by atoms with van der Waals surface area (Å²) in [6.45, 7) is 6.65. The van der Waals surface area contributed by atoms with Crippen molar-refractivity contribution in [2.24, 2.45) is 0 Å². The van der Waals surface area contributed by atoms with Gasteiger partial charge in [-0.05, 0) is 62.9 Å². The predicted octanol–water partition coefficient (Wildman–Crippen LogP) is 3.31. The molecule has 0 atom stereocenters. The number of carbonyl (C=O) groups excluding carboxylic acids is 1. The van der Waals surface area contributed by atoms with E-state index in [9.17, 15) is 9.18 Å². The van der Waals surface area contributed by atoms with Gasteiger partial charge in [-0.15, -0.1) is 0 Å². The van der Waals surface area contributed by atoms with E-state index in [1.54, 1.807) is 18.2 Å². The number of quaternary nitrogens is 1. The molecule has 5 nitrogen and oxygen atoms in total. The Kier molecular flexibility index (Phi) is 4.21. The number of nitrogens with two attached hydrogens (primary N) is 1. The van der Waals surface area contributed by atoms with Crippen molar-refractivity contribution in [1.82, 2.24) is 9.88 Å². The maximum absolute atomic E-state index is 13.3. The topological polar surface area (TPSA) is 63.0 Å². The maximum Gasteiger partial charge on any atom is 0.290 e. The average Bonchev–Trinajstić information content (AvgIpc) is 3.45. The molecular formula is C23H25FN3O2+. The minimum atomic E-state index is -0.269. The molecule has 3 aromatic rings. The van der Waals surface area contributed by atoms with E-state index in [0.717, 1.165) is 42.8 Å². The van der Waals surface area contributed by atoms with Crippen LogP contribution in [0.5, 0.6) is 0 Å². The molecule has 1 amide bonds. The number of pyridine rings is 1. The molecule has 0 spiro atoms. The van der Waals surface area contributed by atoms with Crippen LogP contribution in [0.3, 0.4) is 0 Å². The molecule has 1 saturated heterocycles. The number of benzene rings is 1. The third-order valence-corrected chi connectivity index (χ3v) is 6.05. The number of aromatic nitrogens is 1. The molecule has 1 saturated carbocycles. The van der Waals surface area contributed by atoms with E-state index < -0.39 is 0 Å². The van der Waals surface area contributed by atoms with E-state index in [1.165, 1.54) is 12.1 Å². The van der Waals surface area contributed by atoms with Gasteiger partial charge in [-0.25, -0.2) is 9.37 Å². The summed E-state index contributed by atoms with van der Waals surface area (Å²) < 4.78 is 19.4. The van der Waals surface area contributed by atoms with Crippen LogP contribution in [0.2, 0.25) is 0 Å². The Balaban J connectivity index is 1.58. The Morgan fingerprint density at radius 2 is 2.00 bits per heavy atom. The zero-order valence-electron chi connectivity index (χ0n) is 16.7. The maximum atomic E-state index is 13.3. The average molecular weight is 394 g/mol. The zero-order chi connectivity index (χ0) is 20.2. The fourth-order valence-electron chi connectivity index (χ4n) is 4.22. The first-order valence-corrected chi connectivity index (χ1v) is 10.3. The molecule has 0 unspecified atom stereocenters. The number of nitrogens with zero attached hydrogens (tertiary/aromatic N) is 2. The lowest BCUT2D eigenvalue weighted by Gasteiger charge is -2.39. The molecule has 0 radical (unpaired) electrons. The third-order valence-electron chi connectivity index (χ3n) is 6.05. The first-order chi connectivity index (χ1) is 13.9. The highest BCUT2D eigenvalue weighted by molar-refractivity contribution is 5.96. The van der Waals surface area contributed by atoms with Crippen molar-refractivity contribution in [2.45, 2.75) is 38.1 Å². The number of fused-ring (bicyclic) bond motifs is 1. The fraction of sp³-hybridized carbons (Fsp3) is 0.391. The van der Waals surface area contributed by atoms with Crippen molar-refractivity contribution in [3.05, 3.63) is 53.5 Å². The lowest BCUT2D eigenvalue weighted by Crippen LogP contribution is -2.93. The number of hydrogen-bond acceptors (Lipinski definition) is 3. The Bertz CT molecular complexity index is 1080. The van der Waals surface area contributed by atoms with Gasteiger partial charge in [0.1, 0.15) is 11.3 Å². The molecule has 0 bridgehead atoms. The smallest absolute Gasteiger partial charge is 0.290 e. The van der Waals surface area contributed by atoms with Gasteiger partial charge in [0.05, 0.1) is 30.9 Å². The van der Waals surface area contributed by atoms with Gasteiger partial charge in [0, 0.05) is 17.2 Å². The second-order valence-corrected chi connectivity index (χ2v) is 8.75. The van der Waals surface area contributed by atoms with Crippen LogP contribution in [0.15, 0.2) is 40.8 Å². The number of halogens is 1. The lowest BCUT2D eigenvalue weighted by atomic mass is 10.00. The highest BCUT2D eigenvalue weighted by atomic mass is 19.1. The van der Waals surface area contributed by atoms with Crippen molar-refractivity contribution >= 4 is 17.0 Å². The molecule has 1 aliphatic heterocycles. The number of hydrogen-bond donors (Lipinski definition) is 1. The Morgan fingerprint density at radius 1 is 1.24 bits per heavy atom. The highest BCUT2D eigenvalue weighted by Crippen LogP contribution is 2.44. The van der Waals surface area contributed by atoms with Crippen LogP contribution in [0, 0.1) is 5.82 Å². The summed E-state index contributed by atoms with van der Waals surface area (Å²) in [6, 6.07) is 10.2. The Morgan fingerprint density at radius 3 is 2.69 bits per heavy atom. The summed E-state index contributed by atoms with van der Waals surface area (Å²) in [6.07, 6.45) is 2.22. The monoisotopic (exact) mass is 394 g/mol. The molecule has 5 rings (SSSR count). The quantitative estimate of drug-likeness (QED) is 0.741. The van der Waals surface area contributed by atoms with E-state index in [1.807, 2.05) is 11.0 Å². The lowest BCUT2D eigenvalue weighted by molar-refractivity contribution is -0.673. The number of amides is 1. The van der Waals surface area contributed by atoms with Crippen LogP contribution in [-0.2, 0) is 0 Å². The molecule has 29 heavy (non-hydrogen) atoms. The Labute approximate surface area is 168 Å². The molecule has 1 aliphatic carbocycles. The second kappa shape index (κ2) is 6.66. The third kappa shape index (κ3) is 3.31. The van der Waals surface area contributed by atoms with Crippen molar-refractivity contribution in [1.29, 1.82) is 0 Å². The minimum Gasteiger partial charge on any atom is -0.449 e. The summed E-state index contributed by atoms with van der Waals surface area (Å²) in [5.74, 6) is 0.441. The van der Waals surface area contributed by atoms with Gasteiger partial charge in [0.15, 0.2) is 11.3 Å². The van der Waals surface area contributed by atoms with E-state index >= 15 is 0 Å². The van der Waals surface area contributed by atoms with Crippen LogP contribution < -0.4 is 5.32 Å². The standard InChI is InChI=1S/C23H24FN3O2/c1-23(2)13-25-9-10-27(23)22(28)20-12-19-21(29-20)17(14-3-4-14)11-18(26-19)15-5-7-16(24)8-6-15/h5-8,11-12,14,25H,3-4,9-10,13H2,1-2H3/p+1. The van der Waals surface area contributed by atoms with Gasteiger partial charge < -0.3 is 14.6 Å². The van der Waals surface area contributed by atoms with Gasteiger partial charge >= 0.3 is 0 Å². The summed E-state index contributed by atoms with van der Waals surface area (Å²) in [5, 5.41) is 2.24. The normalized spacial score (nSPS) is 18.9. The number of rotatable bonds is 3. The van der Waals surface area contributed by atoms with Crippen molar-refractivity contribution < 1.29 is 18.9 Å². The molecule has 2 aliphatic rings. The van der Waals surface area contributed by atoms with Crippen LogP contribution in [-0.4, -0.2) is 41.0 Å². The Hall–Kier alpha value is -2.73. The molecule has 1 aromatic carbocycles. The number of furan rings is 1. The van der Waals surface area contributed by atoms with Gasteiger partial charge in [-0.2, -0.15) is 0 Å². The van der Waals surface area contributed by atoms with E-state index in [4.69, 9.17) is 9.40 Å². The van der Waals surface area contributed by atoms with Crippen molar-refractivity contribution in [3.8, 4) is 11.3 Å². The largest absolute Gasteiger partial charge is 0.449 e. The van der Waals surface area contributed by atoms with Gasteiger partial charge in [0.25, 0.3) is 5.91 Å². The molecule has 3 heterocycles. The molecule has 2 aromatic heterocycles. The SMILES string of the molecule is CC1(C)C[NH2+]CCN1C(=O)c1cc2nc(-c3ccc(F)cc3)cc(C3CC3)c2o1. The number of piperazine rings is 1. The zero-order valence-corrected chi connectivity index (χ0v) is 16.7. The van der Waals surface area contributed by atoms with Crippen LogP contribution in [0.4, 0.5) is 4.39 Å². The first-order valence-electron chi connectivity index (χ1n) is 10.3. The molecule has 2 N–H and O–H groups in total. The summed E-state index contributed by atoms with van der Waals surface area (Å²) >= 11 is 0. The highest BCUT2D eigenvalue weighted by Gasteiger charge is 2.38. The molecule has 150 valence electrons. The molecule has 6 heteroatoms. The van der Waals surface area contributed by atoms with Gasteiger partial charge in [0.2, 0.25) is 0 Å². The van der Waals surface area contributed by atoms with Crippen molar-refractivity contribution in [2.75, 3.05) is 19.6 Å². The molecular weight excluding hydrogens is 369 g/mol. The van der Waals surface area contributed by atoms with E-state index in [2.05, 4.69) is 19.2 Å². The van der Waals surface area contributed by atoms with Crippen LogP contribution in [0.1, 0.15) is 48.7 Å². The van der Waals surface area contributed by atoms with Gasteiger partial charge in [-0.1, -0.05) is 0 Å². The predicted molar refractivity (Wildman–Crippen MR) is 108 cm³/mol. The van der Waals surface area contributed by atoms with Crippen LogP contribution >= 0.6 is 0 Å².